The van der Waals surface area contributed by atoms with E-state index in [1.54, 1.807) is 19.1 Å². The highest BCUT2D eigenvalue weighted by Crippen LogP contribution is 2.46. The number of aliphatic carboxylic acids is 1. The third kappa shape index (κ3) is 5.17. The van der Waals surface area contributed by atoms with Gasteiger partial charge in [0.25, 0.3) is 0 Å². The predicted molar refractivity (Wildman–Crippen MR) is 104 cm³/mol. The Kier molecular flexibility index (Phi) is 6.59. The number of nitrogens with one attached hydrogen (secondary N) is 1. The second kappa shape index (κ2) is 8.86. The van der Waals surface area contributed by atoms with Gasteiger partial charge in [-0.05, 0) is 29.8 Å². The van der Waals surface area contributed by atoms with Gasteiger partial charge >= 0.3 is 12.1 Å². The minimum absolute atomic E-state index is 0.273. The van der Waals surface area contributed by atoms with Gasteiger partial charge in [-0.25, -0.2) is 9.18 Å². The molecule has 2 aromatic rings. The third-order valence-corrected chi connectivity index (χ3v) is 4.92. The second-order valence-corrected chi connectivity index (χ2v) is 7.36. The van der Waals surface area contributed by atoms with Gasteiger partial charge in [0, 0.05) is 30.6 Å². The molecular weight excluding hydrogens is 442 g/mol. The molecule has 10 heteroatoms. The summed E-state index contributed by atoms with van der Waals surface area (Å²) in [6.07, 6.45) is -3.24. The maximum Gasteiger partial charge on any atom is 0.490 e. The number of rotatable bonds is 2. The van der Waals surface area contributed by atoms with Gasteiger partial charge < -0.3 is 19.9 Å². The number of fused-ring (bicyclic) bond motifs is 1. The van der Waals surface area contributed by atoms with E-state index in [-0.39, 0.29) is 6.10 Å². The highest BCUT2D eigenvalue weighted by atomic mass is 35.5. The molecule has 0 spiro atoms. The first-order valence-electron chi connectivity index (χ1n) is 9.12. The van der Waals surface area contributed by atoms with E-state index in [1.807, 2.05) is 24.3 Å². The van der Waals surface area contributed by atoms with Crippen molar-refractivity contribution in [2.45, 2.75) is 25.0 Å². The summed E-state index contributed by atoms with van der Waals surface area (Å²) in [6, 6.07) is 12.3. The summed E-state index contributed by atoms with van der Waals surface area (Å²) in [5, 5.41) is 10.7. The largest absolute Gasteiger partial charge is 0.490 e. The van der Waals surface area contributed by atoms with Gasteiger partial charge in [-0.15, -0.1) is 0 Å². The summed E-state index contributed by atoms with van der Waals surface area (Å²) < 4.78 is 58.6. The van der Waals surface area contributed by atoms with Crippen molar-refractivity contribution < 1.29 is 36.9 Å². The first kappa shape index (κ1) is 23.1. The van der Waals surface area contributed by atoms with Crippen LogP contribution in [0.25, 0.3) is 0 Å². The van der Waals surface area contributed by atoms with Crippen molar-refractivity contribution in [3.63, 3.8) is 0 Å². The van der Waals surface area contributed by atoms with Crippen LogP contribution in [0.3, 0.4) is 0 Å². The molecule has 2 atom stereocenters. The van der Waals surface area contributed by atoms with Gasteiger partial charge in [0.1, 0.15) is 17.7 Å². The molecule has 0 fully saturated rings. The van der Waals surface area contributed by atoms with Crippen LogP contribution in [0.15, 0.2) is 54.1 Å². The molecule has 0 aromatic heterocycles. The van der Waals surface area contributed by atoms with Gasteiger partial charge in [0.05, 0.1) is 5.56 Å². The monoisotopic (exact) mass is 459 g/mol. The molecular formula is C21H18ClF4NO4. The quantitative estimate of drug-likeness (QED) is 0.490. The minimum atomic E-state index is -5.08. The van der Waals surface area contributed by atoms with Crippen molar-refractivity contribution in [2.24, 2.45) is 0 Å². The summed E-state index contributed by atoms with van der Waals surface area (Å²) in [5.74, 6) is -3.72. The zero-order valence-corrected chi connectivity index (χ0v) is 16.9. The number of carboxylic acid groups (broad SMARTS) is 1. The standard InChI is InChI=1S/C19H17ClFNO2.C2HF3O2/c1-19(15-7-6-13(20)10-16(15)21)23-17-5-3-2-4-14(17)18(24-19)12-8-9-22-11-12;3-2(4,5)1(6)7/h2-8,10,18,22H,9,11H2,1H3;(H,6,7). The lowest BCUT2D eigenvalue weighted by Crippen LogP contribution is -2.39. The van der Waals surface area contributed by atoms with Crippen LogP contribution in [0.5, 0.6) is 5.75 Å². The second-order valence-electron chi connectivity index (χ2n) is 6.92. The van der Waals surface area contributed by atoms with Crippen LogP contribution >= 0.6 is 11.6 Å². The molecule has 2 N–H and O–H groups in total. The number of ether oxygens (including phenoxy) is 2. The SMILES string of the molecule is CC1(c2ccc(Cl)cc2F)Oc2ccccc2C(C2=CCNC2)O1.O=C(O)C(F)(F)F. The van der Waals surface area contributed by atoms with E-state index in [2.05, 4.69) is 11.4 Å². The van der Waals surface area contributed by atoms with Crippen molar-refractivity contribution in [3.8, 4) is 5.75 Å². The molecule has 5 nitrogen and oxygen atoms in total. The number of alkyl halides is 3. The number of para-hydroxylation sites is 1. The van der Waals surface area contributed by atoms with Crippen molar-refractivity contribution in [1.29, 1.82) is 0 Å². The molecule has 0 amide bonds. The Morgan fingerprint density at radius 2 is 1.94 bits per heavy atom. The van der Waals surface area contributed by atoms with E-state index < -0.39 is 23.7 Å². The first-order chi connectivity index (χ1) is 14.5. The van der Waals surface area contributed by atoms with Crippen LogP contribution in [-0.4, -0.2) is 30.3 Å². The zero-order valence-electron chi connectivity index (χ0n) is 16.2. The van der Waals surface area contributed by atoms with Gasteiger partial charge in [-0.3, -0.25) is 0 Å². The molecule has 0 saturated heterocycles. The van der Waals surface area contributed by atoms with E-state index in [0.717, 1.165) is 24.2 Å². The Balaban J connectivity index is 0.000000339. The van der Waals surface area contributed by atoms with Crippen molar-refractivity contribution in [3.05, 3.63) is 76.1 Å². The average molecular weight is 460 g/mol. The van der Waals surface area contributed by atoms with E-state index in [0.29, 0.717) is 16.3 Å². The van der Waals surface area contributed by atoms with E-state index in [9.17, 15) is 17.6 Å². The fraction of sp³-hybridized carbons (Fsp3) is 0.286. The van der Waals surface area contributed by atoms with E-state index >= 15 is 0 Å². The lowest BCUT2D eigenvalue weighted by atomic mass is 9.97. The molecule has 166 valence electrons. The maximum absolute atomic E-state index is 14.5. The molecule has 4 rings (SSSR count). The normalized spacial score (nSPS) is 22.5. The molecule has 31 heavy (non-hydrogen) atoms. The van der Waals surface area contributed by atoms with Crippen LogP contribution in [-0.2, 0) is 15.3 Å². The van der Waals surface area contributed by atoms with Crippen LogP contribution in [0.1, 0.15) is 24.2 Å². The van der Waals surface area contributed by atoms with Gasteiger partial charge in [-0.1, -0.05) is 35.9 Å². The molecule has 2 aliphatic heterocycles. The van der Waals surface area contributed by atoms with E-state index in [4.69, 9.17) is 31.0 Å². The van der Waals surface area contributed by atoms with Gasteiger partial charge in [0.2, 0.25) is 5.79 Å². The Labute approximate surface area is 180 Å². The van der Waals surface area contributed by atoms with Crippen molar-refractivity contribution >= 4 is 17.6 Å². The smallest absolute Gasteiger partial charge is 0.475 e. The lowest BCUT2D eigenvalue weighted by molar-refractivity contribution is -0.219. The summed E-state index contributed by atoms with van der Waals surface area (Å²) in [4.78, 5) is 8.90. The van der Waals surface area contributed by atoms with Crippen LogP contribution < -0.4 is 10.1 Å². The summed E-state index contributed by atoms with van der Waals surface area (Å²) in [7, 11) is 0. The number of hydrogen-bond acceptors (Lipinski definition) is 4. The third-order valence-electron chi connectivity index (χ3n) is 4.69. The molecule has 2 heterocycles. The topological polar surface area (TPSA) is 67.8 Å². The van der Waals surface area contributed by atoms with Crippen molar-refractivity contribution in [2.75, 3.05) is 13.1 Å². The molecule has 0 bridgehead atoms. The Bertz CT molecular complexity index is 1010. The number of carboxylic acids is 1. The van der Waals surface area contributed by atoms with Crippen molar-refractivity contribution in [1.82, 2.24) is 5.32 Å². The Morgan fingerprint density at radius 3 is 2.52 bits per heavy atom. The van der Waals surface area contributed by atoms with Crippen LogP contribution in [0, 0.1) is 5.82 Å². The Morgan fingerprint density at radius 1 is 1.26 bits per heavy atom. The molecule has 0 radical (unpaired) electrons. The maximum atomic E-state index is 14.5. The molecule has 0 saturated carbocycles. The predicted octanol–water partition coefficient (Wildman–Crippen LogP) is 4.97. The molecule has 2 unspecified atom stereocenters. The average Bonchev–Trinajstić information content (AvgIpc) is 3.21. The molecule has 0 aliphatic carbocycles. The fourth-order valence-electron chi connectivity index (χ4n) is 3.26. The minimum Gasteiger partial charge on any atom is -0.475 e. The highest BCUT2D eigenvalue weighted by molar-refractivity contribution is 6.30. The van der Waals surface area contributed by atoms with Gasteiger partial charge in [0.15, 0.2) is 0 Å². The fourth-order valence-corrected chi connectivity index (χ4v) is 3.41. The number of benzene rings is 2. The molecule has 2 aromatic carbocycles. The number of carbonyl (C=O) groups is 1. The highest BCUT2D eigenvalue weighted by Gasteiger charge is 2.43. The van der Waals surface area contributed by atoms with E-state index in [1.165, 1.54) is 6.07 Å². The number of halogens is 5. The summed E-state index contributed by atoms with van der Waals surface area (Å²) in [6.45, 7) is 3.30. The summed E-state index contributed by atoms with van der Waals surface area (Å²) >= 11 is 5.88. The molecule has 2 aliphatic rings. The lowest BCUT2D eigenvalue weighted by Gasteiger charge is -2.41. The Hall–Kier alpha value is -2.62. The number of hydrogen-bond donors (Lipinski definition) is 2. The zero-order chi connectivity index (χ0) is 22.8. The summed E-state index contributed by atoms with van der Waals surface area (Å²) in [5.41, 5.74) is 2.42. The van der Waals surface area contributed by atoms with Crippen LogP contribution in [0.2, 0.25) is 5.02 Å². The first-order valence-corrected chi connectivity index (χ1v) is 9.50. The van der Waals surface area contributed by atoms with Gasteiger partial charge in [-0.2, -0.15) is 13.2 Å². The van der Waals surface area contributed by atoms with Crippen LogP contribution in [0.4, 0.5) is 17.6 Å².